The summed E-state index contributed by atoms with van der Waals surface area (Å²) in [5, 5.41) is 3.18. The maximum atomic E-state index is 5.91. The third-order valence-corrected chi connectivity index (χ3v) is 4.51. The molecule has 0 amide bonds. The van der Waals surface area contributed by atoms with E-state index in [1.165, 1.54) is 32.1 Å². The number of hydrogen-bond donors (Lipinski definition) is 2. The molecule has 0 spiro atoms. The minimum atomic E-state index is 0. The Morgan fingerprint density at radius 1 is 1.30 bits per heavy atom. The molecule has 1 saturated heterocycles. The first-order valence-electron chi connectivity index (χ1n) is 7.70. The van der Waals surface area contributed by atoms with Crippen LogP contribution in [-0.4, -0.2) is 31.8 Å². The van der Waals surface area contributed by atoms with Crippen LogP contribution >= 0.6 is 24.0 Å². The number of aliphatic imine (C=N–C) groups is 1. The van der Waals surface area contributed by atoms with Crippen LogP contribution in [0.3, 0.4) is 0 Å². The molecule has 118 valence electrons. The number of rotatable bonds is 4. The third-order valence-electron chi connectivity index (χ3n) is 4.51. The number of guanidine groups is 1. The summed E-state index contributed by atoms with van der Waals surface area (Å²) in [6.45, 7) is 7.29. The van der Waals surface area contributed by atoms with Crippen LogP contribution in [0.25, 0.3) is 0 Å². The van der Waals surface area contributed by atoms with E-state index in [0.29, 0.717) is 17.5 Å². The molecule has 3 N–H and O–H groups in total. The standard InChI is InChI=1S/C15H29N3O.HI/c1-15(2)7-5-12(6-8-15)10-17-14(16)18-11-13-4-3-9-19-13;/h12-13H,3-11H2,1-2H3,(H3,16,17,18);1H. The number of nitrogens with zero attached hydrogens (tertiary/aromatic N) is 1. The first-order chi connectivity index (χ1) is 9.05. The normalized spacial score (nSPS) is 27.1. The topological polar surface area (TPSA) is 59.6 Å². The molecular weight excluding hydrogens is 365 g/mol. The predicted octanol–water partition coefficient (Wildman–Crippen LogP) is 2.90. The van der Waals surface area contributed by atoms with Gasteiger partial charge in [-0.2, -0.15) is 0 Å². The highest BCUT2D eigenvalue weighted by atomic mass is 127. The molecule has 0 aromatic carbocycles. The van der Waals surface area contributed by atoms with E-state index in [9.17, 15) is 0 Å². The molecule has 1 unspecified atom stereocenters. The molecule has 4 nitrogen and oxygen atoms in total. The van der Waals surface area contributed by atoms with Crippen molar-refractivity contribution in [2.24, 2.45) is 22.1 Å². The van der Waals surface area contributed by atoms with Gasteiger partial charge >= 0.3 is 0 Å². The van der Waals surface area contributed by atoms with Crippen LogP contribution in [0.5, 0.6) is 0 Å². The smallest absolute Gasteiger partial charge is 0.188 e. The summed E-state index contributed by atoms with van der Waals surface area (Å²) in [4.78, 5) is 4.48. The highest BCUT2D eigenvalue weighted by Gasteiger charge is 2.26. The van der Waals surface area contributed by atoms with Crippen LogP contribution in [-0.2, 0) is 4.74 Å². The van der Waals surface area contributed by atoms with Crippen LogP contribution in [0, 0.1) is 11.3 Å². The van der Waals surface area contributed by atoms with Crippen molar-refractivity contribution in [1.82, 2.24) is 5.32 Å². The highest BCUT2D eigenvalue weighted by molar-refractivity contribution is 14.0. The van der Waals surface area contributed by atoms with E-state index in [0.717, 1.165) is 32.0 Å². The van der Waals surface area contributed by atoms with E-state index in [4.69, 9.17) is 10.5 Å². The summed E-state index contributed by atoms with van der Waals surface area (Å²) in [5.74, 6) is 1.30. The number of nitrogens with one attached hydrogen (secondary N) is 1. The molecule has 1 aliphatic heterocycles. The van der Waals surface area contributed by atoms with Gasteiger partial charge in [0.25, 0.3) is 0 Å². The molecule has 0 aromatic rings. The van der Waals surface area contributed by atoms with Crippen molar-refractivity contribution in [3.63, 3.8) is 0 Å². The predicted molar refractivity (Wildman–Crippen MR) is 94.6 cm³/mol. The fourth-order valence-corrected chi connectivity index (χ4v) is 2.95. The lowest BCUT2D eigenvalue weighted by Gasteiger charge is -2.33. The fourth-order valence-electron chi connectivity index (χ4n) is 2.95. The Hall–Kier alpha value is -0.0400. The van der Waals surface area contributed by atoms with E-state index in [-0.39, 0.29) is 24.0 Å². The lowest BCUT2D eigenvalue weighted by molar-refractivity contribution is 0.114. The molecule has 5 heteroatoms. The summed E-state index contributed by atoms with van der Waals surface area (Å²) in [7, 11) is 0. The Bertz CT molecular complexity index is 304. The molecule has 1 aliphatic carbocycles. The van der Waals surface area contributed by atoms with Gasteiger partial charge in [0, 0.05) is 19.7 Å². The van der Waals surface area contributed by atoms with Crippen LogP contribution < -0.4 is 11.1 Å². The number of ether oxygens (including phenoxy) is 1. The minimum Gasteiger partial charge on any atom is -0.376 e. The summed E-state index contributed by atoms with van der Waals surface area (Å²) in [6.07, 6.45) is 7.83. The van der Waals surface area contributed by atoms with Crippen molar-refractivity contribution in [3.8, 4) is 0 Å². The fraction of sp³-hybridized carbons (Fsp3) is 0.933. The zero-order valence-electron chi connectivity index (χ0n) is 12.9. The van der Waals surface area contributed by atoms with Gasteiger partial charge in [0.15, 0.2) is 5.96 Å². The van der Waals surface area contributed by atoms with Gasteiger partial charge in [0.1, 0.15) is 0 Å². The minimum absolute atomic E-state index is 0. The van der Waals surface area contributed by atoms with Crippen LogP contribution in [0.15, 0.2) is 4.99 Å². The Balaban J connectivity index is 0.00000200. The molecule has 0 aromatic heterocycles. The maximum absolute atomic E-state index is 5.91. The van der Waals surface area contributed by atoms with Crippen LogP contribution in [0.1, 0.15) is 52.4 Å². The monoisotopic (exact) mass is 395 g/mol. The molecule has 20 heavy (non-hydrogen) atoms. The molecular formula is C15H30IN3O. The van der Waals surface area contributed by atoms with Crippen molar-refractivity contribution in [3.05, 3.63) is 0 Å². The second kappa shape index (κ2) is 8.41. The summed E-state index contributed by atoms with van der Waals surface area (Å²) >= 11 is 0. The van der Waals surface area contributed by atoms with Crippen molar-refractivity contribution in [2.75, 3.05) is 19.7 Å². The SMILES string of the molecule is CC1(C)CCC(CN=C(N)NCC2CCCO2)CC1.I. The highest BCUT2D eigenvalue weighted by Crippen LogP contribution is 2.37. The zero-order valence-corrected chi connectivity index (χ0v) is 15.2. The zero-order chi connectivity index (χ0) is 13.7. The molecule has 0 radical (unpaired) electrons. The van der Waals surface area contributed by atoms with Crippen LogP contribution in [0.4, 0.5) is 0 Å². The molecule has 2 rings (SSSR count). The molecule has 2 aliphatic rings. The number of hydrogen-bond acceptors (Lipinski definition) is 2. The Morgan fingerprint density at radius 3 is 2.60 bits per heavy atom. The quantitative estimate of drug-likeness (QED) is 0.437. The van der Waals surface area contributed by atoms with Gasteiger partial charge in [-0.05, 0) is 49.9 Å². The summed E-state index contributed by atoms with van der Waals surface area (Å²) < 4.78 is 5.55. The van der Waals surface area contributed by atoms with Gasteiger partial charge < -0.3 is 15.8 Å². The number of halogens is 1. The van der Waals surface area contributed by atoms with Gasteiger partial charge in [-0.1, -0.05) is 13.8 Å². The van der Waals surface area contributed by atoms with Crippen molar-refractivity contribution in [1.29, 1.82) is 0 Å². The molecule has 1 saturated carbocycles. The Labute approximate surface area is 140 Å². The van der Waals surface area contributed by atoms with Gasteiger partial charge in [-0.15, -0.1) is 24.0 Å². The van der Waals surface area contributed by atoms with Gasteiger partial charge in [-0.25, -0.2) is 0 Å². The Morgan fingerprint density at radius 2 is 2.00 bits per heavy atom. The largest absolute Gasteiger partial charge is 0.376 e. The van der Waals surface area contributed by atoms with E-state index >= 15 is 0 Å². The average molecular weight is 395 g/mol. The van der Waals surface area contributed by atoms with Crippen molar-refractivity contribution >= 4 is 29.9 Å². The number of nitrogens with two attached hydrogens (primary N) is 1. The summed E-state index contributed by atoms with van der Waals surface area (Å²) in [5.41, 5.74) is 6.44. The second-order valence-corrected chi connectivity index (χ2v) is 6.85. The van der Waals surface area contributed by atoms with Crippen molar-refractivity contribution < 1.29 is 4.74 Å². The lowest BCUT2D eigenvalue weighted by atomic mass is 9.73. The van der Waals surface area contributed by atoms with Gasteiger partial charge in [0.2, 0.25) is 0 Å². The van der Waals surface area contributed by atoms with Gasteiger partial charge in [0.05, 0.1) is 6.10 Å². The maximum Gasteiger partial charge on any atom is 0.188 e. The molecule has 2 fully saturated rings. The van der Waals surface area contributed by atoms with E-state index in [2.05, 4.69) is 24.2 Å². The first-order valence-corrected chi connectivity index (χ1v) is 7.70. The molecule has 1 atom stereocenters. The second-order valence-electron chi connectivity index (χ2n) is 6.85. The van der Waals surface area contributed by atoms with E-state index in [1.54, 1.807) is 0 Å². The summed E-state index contributed by atoms with van der Waals surface area (Å²) in [6, 6.07) is 0. The lowest BCUT2D eigenvalue weighted by Crippen LogP contribution is -2.37. The first kappa shape index (κ1) is 18.0. The third kappa shape index (κ3) is 6.16. The van der Waals surface area contributed by atoms with E-state index in [1.807, 2.05) is 0 Å². The average Bonchev–Trinajstić information content (AvgIpc) is 2.88. The van der Waals surface area contributed by atoms with Crippen LogP contribution in [0.2, 0.25) is 0 Å². The van der Waals surface area contributed by atoms with E-state index < -0.39 is 0 Å². The molecule has 1 heterocycles. The van der Waals surface area contributed by atoms with Gasteiger partial charge in [-0.3, -0.25) is 4.99 Å². The molecule has 0 bridgehead atoms. The van der Waals surface area contributed by atoms with Crippen molar-refractivity contribution in [2.45, 2.75) is 58.5 Å². The Kier molecular flexibility index (Phi) is 7.58.